The number of nitrogens with zero attached hydrogens (tertiary/aromatic N) is 2. The van der Waals surface area contributed by atoms with E-state index < -0.39 is 12.1 Å². The summed E-state index contributed by atoms with van der Waals surface area (Å²) in [5.41, 5.74) is 11.5. The minimum Gasteiger partial charge on any atom is -0.395 e. The van der Waals surface area contributed by atoms with Crippen molar-refractivity contribution >= 4 is 11.3 Å². The molecule has 0 saturated carbocycles. The van der Waals surface area contributed by atoms with Crippen LogP contribution in [0.5, 0.6) is 0 Å². The molecule has 1 aliphatic carbocycles. The molecular weight excluding hydrogens is 442 g/mol. The van der Waals surface area contributed by atoms with Crippen molar-refractivity contribution in [3.05, 3.63) is 39.7 Å². The van der Waals surface area contributed by atoms with Gasteiger partial charge in [0, 0.05) is 16.9 Å². The fourth-order valence-corrected chi connectivity index (χ4v) is 6.62. The van der Waals surface area contributed by atoms with E-state index in [4.69, 9.17) is 15.8 Å². The van der Waals surface area contributed by atoms with E-state index in [-0.39, 0.29) is 17.4 Å². The Morgan fingerprint density at radius 1 is 1.12 bits per heavy atom. The van der Waals surface area contributed by atoms with E-state index in [1.54, 1.807) is 0 Å². The summed E-state index contributed by atoms with van der Waals surface area (Å²) >= 11 is 1.82. The highest BCUT2D eigenvalue weighted by Crippen LogP contribution is 2.47. The van der Waals surface area contributed by atoms with Gasteiger partial charge >= 0.3 is 0 Å². The first kappa shape index (κ1) is 25.8. The third kappa shape index (κ3) is 5.57. The average Bonchev–Trinajstić information content (AvgIpc) is 3.32. The molecule has 0 unspecified atom stereocenters. The van der Waals surface area contributed by atoms with Crippen LogP contribution in [-0.4, -0.2) is 58.5 Å². The lowest BCUT2D eigenvalue weighted by molar-refractivity contribution is 0.0943. The molecule has 6 heteroatoms. The van der Waals surface area contributed by atoms with Crippen molar-refractivity contribution in [2.24, 2.45) is 5.73 Å². The SMILES string of the molecule is CC1(C)CCC(C)(C)c2cc(-c3csc(C4CCN(CCC[C@H](O)[C@@H](N)CO)CC4)n3)ccc21. The molecule has 0 amide bonds. The number of aliphatic hydroxyl groups excluding tert-OH is 2. The molecule has 34 heavy (non-hydrogen) atoms. The van der Waals surface area contributed by atoms with Crippen molar-refractivity contribution in [3.63, 3.8) is 0 Å². The zero-order chi connectivity index (χ0) is 24.5. The van der Waals surface area contributed by atoms with Gasteiger partial charge in [0.15, 0.2) is 0 Å². The van der Waals surface area contributed by atoms with Gasteiger partial charge in [-0.1, -0.05) is 39.8 Å². The molecule has 188 valence electrons. The maximum Gasteiger partial charge on any atom is 0.0964 e. The van der Waals surface area contributed by atoms with E-state index in [9.17, 15) is 5.11 Å². The largest absolute Gasteiger partial charge is 0.395 e. The van der Waals surface area contributed by atoms with Crippen molar-refractivity contribution in [2.45, 2.75) is 95.1 Å². The van der Waals surface area contributed by atoms with E-state index in [0.717, 1.165) is 44.6 Å². The van der Waals surface area contributed by atoms with Crippen LogP contribution >= 0.6 is 11.3 Å². The minimum absolute atomic E-state index is 0.163. The van der Waals surface area contributed by atoms with Gasteiger partial charge in [-0.15, -0.1) is 11.3 Å². The number of aromatic nitrogens is 1. The predicted molar refractivity (Wildman–Crippen MR) is 142 cm³/mol. The number of hydrogen-bond acceptors (Lipinski definition) is 6. The van der Waals surface area contributed by atoms with E-state index >= 15 is 0 Å². The number of piperidine rings is 1. The first-order valence-corrected chi connectivity index (χ1v) is 13.9. The van der Waals surface area contributed by atoms with E-state index in [2.05, 4.69) is 56.2 Å². The summed E-state index contributed by atoms with van der Waals surface area (Å²) in [6.45, 7) is 12.5. The standard InChI is InChI=1S/C28H43N3O2S/c1-27(2)11-12-28(3,4)22-16-20(7-8-21(22)27)24-18-34-26(30-24)19-9-14-31(15-10-19)13-5-6-25(33)23(29)17-32/h7-8,16,18-19,23,25,32-33H,5-6,9-15,17,29H2,1-4H3/t23-,25-/m0/s1. The molecule has 2 heterocycles. The van der Waals surface area contributed by atoms with Crippen LogP contribution in [0.2, 0.25) is 0 Å². The number of hydrogen-bond donors (Lipinski definition) is 3. The third-order valence-corrected chi connectivity index (χ3v) is 9.29. The third-order valence-electron chi connectivity index (χ3n) is 8.29. The highest BCUT2D eigenvalue weighted by atomic mass is 32.1. The molecule has 1 fully saturated rings. The summed E-state index contributed by atoms with van der Waals surface area (Å²) in [5.74, 6) is 0.538. The number of likely N-dealkylation sites (tertiary alicyclic amines) is 1. The second-order valence-electron chi connectivity index (χ2n) is 11.8. The van der Waals surface area contributed by atoms with Gasteiger partial charge in [0.2, 0.25) is 0 Å². The molecule has 1 saturated heterocycles. The lowest BCUT2D eigenvalue weighted by Crippen LogP contribution is -2.39. The highest BCUT2D eigenvalue weighted by molar-refractivity contribution is 7.10. The summed E-state index contributed by atoms with van der Waals surface area (Å²) in [6.07, 6.45) is 5.68. The minimum atomic E-state index is -0.614. The molecule has 2 atom stereocenters. The second-order valence-corrected chi connectivity index (χ2v) is 12.7. The Morgan fingerprint density at radius 3 is 2.47 bits per heavy atom. The molecule has 1 aliphatic heterocycles. The topological polar surface area (TPSA) is 82.6 Å². The van der Waals surface area contributed by atoms with Gasteiger partial charge in [0.1, 0.15) is 0 Å². The number of nitrogens with two attached hydrogens (primary N) is 1. The van der Waals surface area contributed by atoms with Crippen LogP contribution in [0.15, 0.2) is 23.6 Å². The molecular formula is C28H43N3O2S. The molecule has 0 radical (unpaired) electrons. The summed E-state index contributed by atoms with van der Waals surface area (Å²) < 4.78 is 0. The van der Waals surface area contributed by atoms with Crippen LogP contribution in [0.1, 0.15) is 88.3 Å². The number of thiazole rings is 1. The van der Waals surface area contributed by atoms with Crippen LogP contribution in [-0.2, 0) is 10.8 Å². The van der Waals surface area contributed by atoms with Gasteiger partial charge in [-0.05, 0) is 86.2 Å². The molecule has 0 spiro atoms. The summed E-state index contributed by atoms with van der Waals surface area (Å²) in [7, 11) is 0. The first-order valence-electron chi connectivity index (χ1n) is 13.0. The molecule has 2 aliphatic rings. The number of benzene rings is 1. The zero-order valence-corrected chi connectivity index (χ0v) is 22.2. The van der Waals surface area contributed by atoms with Crippen LogP contribution in [0.25, 0.3) is 11.3 Å². The lowest BCUT2D eigenvalue weighted by atomic mass is 9.63. The van der Waals surface area contributed by atoms with Crippen molar-refractivity contribution in [3.8, 4) is 11.3 Å². The van der Waals surface area contributed by atoms with Crippen molar-refractivity contribution in [2.75, 3.05) is 26.2 Å². The maximum atomic E-state index is 9.94. The normalized spacial score (nSPS) is 22.3. The molecule has 4 N–H and O–H groups in total. The van der Waals surface area contributed by atoms with Gasteiger partial charge in [-0.2, -0.15) is 0 Å². The maximum absolute atomic E-state index is 9.94. The fraction of sp³-hybridized carbons (Fsp3) is 0.679. The zero-order valence-electron chi connectivity index (χ0n) is 21.4. The van der Waals surface area contributed by atoms with Gasteiger partial charge < -0.3 is 20.8 Å². The van der Waals surface area contributed by atoms with Crippen molar-refractivity contribution < 1.29 is 10.2 Å². The van der Waals surface area contributed by atoms with Gasteiger partial charge in [-0.3, -0.25) is 0 Å². The Balaban J connectivity index is 1.36. The quantitative estimate of drug-likeness (QED) is 0.500. The number of rotatable bonds is 8. The summed E-state index contributed by atoms with van der Waals surface area (Å²) in [6, 6.07) is 6.51. The van der Waals surface area contributed by atoms with Crippen molar-refractivity contribution in [1.29, 1.82) is 0 Å². The highest BCUT2D eigenvalue weighted by Gasteiger charge is 2.37. The van der Waals surface area contributed by atoms with Gasteiger partial charge in [0.05, 0.1) is 29.5 Å². The smallest absolute Gasteiger partial charge is 0.0964 e. The predicted octanol–water partition coefficient (Wildman–Crippen LogP) is 4.80. The van der Waals surface area contributed by atoms with Crippen LogP contribution in [0.3, 0.4) is 0 Å². The molecule has 2 aromatic rings. The lowest BCUT2D eigenvalue weighted by Gasteiger charge is -2.42. The van der Waals surface area contributed by atoms with Crippen molar-refractivity contribution in [1.82, 2.24) is 9.88 Å². The molecule has 4 rings (SSSR count). The second kappa shape index (κ2) is 10.4. The summed E-state index contributed by atoms with van der Waals surface area (Å²) in [5, 5.41) is 22.5. The monoisotopic (exact) mass is 485 g/mol. The van der Waals surface area contributed by atoms with Gasteiger partial charge in [-0.25, -0.2) is 4.98 Å². The van der Waals surface area contributed by atoms with E-state index in [1.807, 2.05) is 11.3 Å². The van der Waals surface area contributed by atoms with Crippen LogP contribution < -0.4 is 5.73 Å². The number of aliphatic hydroxyl groups is 2. The Labute approximate surface area is 209 Å². The van der Waals surface area contributed by atoms with Crippen LogP contribution in [0, 0.1) is 0 Å². The Bertz CT molecular complexity index is 962. The molecule has 5 nitrogen and oxygen atoms in total. The Morgan fingerprint density at radius 2 is 1.79 bits per heavy atom. The summed E-state index contributed by atoms with van der Waals surface area (Å²) in [4.78, 5) is 7.59. The molecule has 1 aromatic heterocycles. The fourth-order valence-electron chi connectivity index (χ4n) is 5.62. The first-order chi connectivity index (χ1) is 16.1. The van der Waals surface area contributed by atoms with E-state index in [0.29, 0.717) is 12.3 Å². The van der Waals surface area contributed by atoms with Crippen LogP contribution in [0.4, 0.5) is 0 Å². The van der Waals surface area contributed by atoms with Gasteiger partial charge in [0.25, 0.3) is 0 Å². The average molecular weight is 486 g/mol. The molecule has 0 bridgehead atoms. The number of fused-ring (bicyclic) bond motifs is 1. The van der Waals surface area contributed by atoms with E-state index in [1.165, 1.54) is 34.5 Å². The Kier molecular flexibility index (Phi) is 7.85. The molecule has 1 aromatic carbocycles. The Hall–Kier alpha value is -1.31.